The molecule has 164 valence electrons. The molecular formula is C24H26N6O2. The monoisotopic (exact) mass is 430 g/mol. The first-order chi connectivity index (χ1) is 15.6. The van der Waals surface area contributed by atoms with Gasteiger partial charge in [0.1, 0.15) is 0 Å². The van der Waals surface area contributed by atoms with Gasteiger partial charge in [0, 0.05) is 30.3 Å². The van der Waals surface area contributed by atoms with Gasteiger partial charge in [0.05, 0.1) is 11.9 Å². The van der Waals surface area contributed by atoms with Crippen LogP contribution in [0.2, 0.25) is 0 Å². The predicted octanol–water partition coefficient (Wildman–Crippen LogP) is 1.79. The Kier molecular flexibility index (Phi) is 6.72. The van der Waals surface area contributed by atoms with E-state index in [9.17, 15) is 9.59 Å². The van der Waals surface area contributed by atoms with Crippen molar-refractivity contribution in [3.05, 3.63) is 77.6 Å². The van der Waals surface area contributed by atoms with Crippen molar-refractivity contribution in [2.24, 2.45) is 0 Å². The van der Waals surface area contributed by atoms with Crippen LogP contribution in [0, 0.1) is 0 Å². The SMILES string of the molecule is Nc1ncc(-c2cccc(C(=O)NCCc3ccccc3)c2)nc1C(=O)N[C@H]1CCNC1. The molecule has 4 rings (SSSR count). The summed E-state index contributed by atoms with van der Waals surface area (Å²) in [4.78, 5) is 33.8. The molecule has 8 heteroatoms. The van der Waals surface area contributed by atoms with Gasteiger partial charge in [-0.25, -0.2) is 9.97 Å². The summed E-state index contributed by atoms with van der Waals surface area (Å²) < 4.78 is 0. The second-order valence-corrected chi connectivity index (χ2v) is 7.72. The molecule has 8 nitrogen and oxygen atoms in total. The van der Waals surface area contributed by atoms with Gasteiger partial charge in [-0.1, -0.05) is 42.5 Å². The topological polar surface area (TPSA) is 122 Å². The van der Waals surface area contributed by atoms with Crippen LogP contribution in [-0.2, 0) is 6.42 Å². The molecule has 0 unspecified atom stereocenters. The van der Waals surface area contributed by atoms with Crippen molar-refractivity contribution < 1.29 is 9.59 Å². The van der Waals surface area contributed by atoms with Crippen LogP contribution in [0.4, 0.5) is 5.82 Å². The van der Waals surface area contributed by atoms with Crippen LogP contribution in [0.1, 0.15) is 32.8 Å². The summed E-state index contributed by atoms with van der Waals surface area (Å²) in [6.45, 7) is 2.13. The number of nitrogens with one attached hydrogen (secondary N) is 3. The molecule has 1 aromatic heterocycles. The molecule has 1 aliphatic rings. The Labute approximate surface area is 186 Å². The van der Waals surface area contributed by atoms with Gasteiger partial charge in [-0.15, -0.1) is 0 Å². The number of anilines is 1. The highest BCUT2D eigenvalue weighted by atomic mass is 16.2. The zero-order valence-electron chi connectivity index (χ0n) is 17.7. The molecule has 2 aromatic carbocycles. The summed E-state index contributed by atoms with van der Waals surface area (Å²) in [5.74, 6) is -0.440. The average molecular weight is 431 g/mol. The molecule has 0 bridgehead atoms. The zero-order valence-corrected chi connectivity index (χ0v) is 17.7. The maximum atomic E-state index is 12.6. The number of nitrogens with two attached hydrogens (primary N) is 1. The number of aromatic nitrogens is 2. The largest absolute Gasteiger partial charge is 0.382 e. The van der Waals surface area contributed by atoms with Crippen LogP contribution < -0.4 is 21.7 Å². The lowest BCUT2D eigenvalue weighted by Gasteiger charge is -2.12. The molecule has 0 spiro atoms. The number of nitrogen functional groups attached to an aromatic ring is 1. The first-order valence-electron chi connectivity index (χ1n) is 10.7. The van der Waals surface area contributed by atoms with Crippen LogP contribution >= 0.6 is 0 Å². The van der Waals surface area contributed by atoms with Crippen molar-refractivity contribution in [2.75, 3.05) is 25.4 Å². The first-order valence-corrected chi connectivity index (χ1v) is 10.7. The van der Waals surface area contributed by atoms with Crippen LogP contribution in [0.15, 0.2) is 60.8 Å². The van der Waals surface area contributed by atoms with Crippen LogP contribution in [0.25, 0.3) is 11.3 Å². The van der Waals surface area contributed by atoms with Gasteiger partial charge in [-0.3, -0.25) is 9.59 Å². The fraction of sp³-hybridized carbons (Fsp3) is 0.250. The number of nitrogens with zero attached hydrogens (tertiary/aromatic N) is 2. The van der Waals surface area contributed by atoms with E-state index in [1.807, 2.05) is 36.4 Å². The molecule has 32 heavy (non-hydrogen) atoms. The van der Waals surface area contributed by atoms with Crippen LogP contribution in [0.5, 0.6) is 0 Å². The Morgan fingerprint density at radius 1 is 1.09 bits per heavy atom. The van der Waals surface area contributed by atoms with E-state index < -0.39 is 0 Å². The molecule has 0 radical (unpaired) electrons. The fourth-order valence-electron chi connectivity index (χ4n) is 3.62. The Bertz CT molecular complexity index is 1100. The van der Waals surface area contributed by atoms with Gasteiger partial charge in [-0.05, 0) is 37.1 Å². The number of rotatable bonds is 7. The van der Waals surface area contributed by atoms with Crippen molar-refractivity contribution in [1.82, 2.24) is 25.9 Å². The standard InChI is InChI=1S/C24H26N6O2/c25-22-21(24(32)29-19-10-11-26-14-19)30-20(15-28-22)17-7-4-8-18(13-17)23(31)27-12-9-16-5-2-1-3-6-16/h1-8,13,15,19,26H,9-12,14H2,(H2,25,28)(H,27,31)(H,29,32)/t19-/m0/s1. The zero-order chi connectivity index (χ0) is 22.3. The van der Waals surface area contributed by atoms with Crippen molar-refractivity contribution in [2.45, 2.75) is 18.9 Å². The minimum atomic E-state index is -0.347. The number of benzene rings is 2. The summed E-state index contributed by atoms with van der Waals surface area (Å²) in [5.41, 5.74) is 8.84. The maximum absolute atomic E-state index is 12.6. The number of carbonyl (C=O) groups is 2. The third kappa shape index (κ3) is 5.28. The van der Waals surface area contributed by atoms with Gasteiger partial charge >= 0.3 is 0 Å². The fourth-order valence-corrected chi connectivity index (χ4v) is 3.62. The lowest BCUT2D eigenvalue weighted by atomic mass is 10.1. The van der Waals surface area contributed by atoms with E-state index in [1.54, 1.807) is 18.2 Å². The average Bonchev–Trinajstić information content (AvgIpc) is 3.33. The van der Waals surface area contributed by atoms with Crippen molar-refractivity contribution >= 4 is 17.6 Å². The molecule has 2 heterocycles. The van der Waals surface area contributed by atoms with Crippen molar-refractivity contribution in [3.8, 4) is 11.3 Å². The molecule has 3 aromatic rings. The van der Waals surface area contributed by atoms with Gasteiger partial charge in [0.25, 0.3) is 11.8 Å². The maximum Gasteiger partial charge on any atom is 0.274 e. The van der Waals surface area contributed by atoms with E-state index in [2.05, 4.69) is 25.9 Å². The number of amides is 2. The van der Waals surface area contributed by atoms with E-state index in [1.165, 1.54) is 6.20 Å². The Morgan fingerprint density at radius 3 is 2.72 bits per heavy atom. The van der Waals surface area contributed by atoms with Crippen LogP contribution in [-0.4, -0.2) is 47.5 Å². The van der Waals surface area contributed by atoms with Gasteiger partial charge in [0.15, 0.2) is 11.5 Å². The highest BCUT2D eigenvalue weighted by Crippen LogP contribution is 2.20. The first kappa shape index (κ1) is 21.5. The number of hydrogen-bond acceptors (Lipinski definition) is 6. The van der Waals surface area contributed by atoms with Crippen LogP contribution in [0.3, 0.4) is 0 Å². The number of carbonyl (C=O) groups excluding carboxylic acids is 2. The second-order valence-electron chi connectivity index (χ2n) is 7.72. The highest BCUT2D eigenvalue weighted by Gasteiger charge is 2.21. The molecule has 1 saturated heterocycles. The van der Waals surface area contributed by atoms with Gasteiger partial charge < -0.3 is 21.7 Å². The summed E-state index contributed by atoms with van der Waals surface area (Å²) >= 11 is 0. The number of hydrogen-bond donors (Lipinski definition) is 4. The molecule has 0 aliphatic carbocycles. The molecule has 1 aliphatic heterocycles. The lowest BCUT2D eigenvalue weighted by Crippen LogP contribution is -2.37. The quantitative estimate of drug-likeness (QED) is 0.453. The Hall–Kier alpha value is -3.78. The molecule has 1 atom stereocenters. The van der Waals surface area contributed by atoms with Gasteiger partial charge in [0.2, 0.25) is 0 Å². The third-order valence-corrected chi connectivity index (χ3v) is 5.37. The second kappa shape index (κ2) is 10.0. The Morgan fingerprint density at radius 2 is 1.94 bits per heavy atom. The van der Waals surface area contributed by atoms with Crippen molar-refractivity contribution in [3.63, 3.8) is 0 Å². The van der Waals surface area contributed by atoms with Gasteiger partial charge in [-0.2, -0.15) is 0 Å². The summed E-state index contributed by atoms with van der Waals surface area (Å²) in [7, 11) is 0. The predicted molar refractivity (Wildman–Crippen MR) is 123 cm³/mol. The lowest BCUT2D eigenvalue weighted by molar-refractivity contribution is 0.0932. The minimum Gasteiger partial charge on any atom is -0.382 e. The van der Waals surface area contributed by atoms with E-state index in [-0.39, 0.29) is 29.4 Å². The molecule has 1 fully saturated rings. The van der Waals surface area contributed by atoms with E-state index >= 15 is 0 Å². The molecule has 5 N–H and O–H groups in total. The smallest absolute Gasteiger partial charge is 0.274 e. The molecule has 0 saturated carbocycles. The van der Waals surface area contributed by atoms with E-state index in [0.717, 1.165) is 31.5 Å². The van der Waals surface area contributed by atoms with E-state index in [4.69, 9.17) is 5.73 Å². The summed E-state index contributed by atoms with van der Waals surface area (Å²) in [5, 5.41) is 9.07. The normalized spacial score (nSPS) is 15.3. The van der Waals surface area contributed by atoms with Crippen molar-refractivity contribution in [1.29, 1.82) is 0 Å². The Balaban J connectivity index is 1.45. The summed E-state index contributed by atoms with van der Waals surface area (Å²) in [6, 6.07) is 17.1. The molecular weight excluding hydrogens is 404 g/mol. The molecule has 2 amide bonds. The minimum absolute atomic E-state index is 0.0512. The summed E-state index contributed by atoms with van der Waals surface area (Å²) in [6.07, 6.45) is 3.13. The van der Waals surface area contributed by atoms with E-state index in [0.29, 0.717) is 23.4 Å². The third-order valence-electron chi connectivity index (χ3n) is 5.37. The highest BCUT2D eigenvalue weighted by molar-refractivity contribution is 5.97.